The number of amides is 1. The van der Waals surface area contributed by atoms with E-state index in [0.29, 0.717) is 12.2 Å². The summed E-state index contributed by atoms with van der Waals surface area (Å²) >= 11 is 0. The Morgan fingerprint density at radius 1 is 1.56 bits per heavy atom. The van der Waals surface area contributed by atoms with Crippen molar-refractivity contribution in [3.05, 3.63) is 18.2 Å². The molecule has 1 rings (SSSR count). The van der Waals surface area contributed by atoms with Gasteiger partial charge in [0, 0.05) is 18.8 Å². The fourth-order valence-electron chi connectivity index (χ4n) is 1.21. The molecule has 0 fully saturated rings. The minimum Gasteiger partial charge on any atom is -0.345 e. The molecule has 1 aromatic heterocycles. The number of rotatable bonds is 4. The first-order valence-electron chi connectivity index (χ1n) is 4.76. The van der Waals surface area contributed by atoms with Gasteiger partial charge in [-0.15, -0.1) is 0 Å². The average molecular weight is 235 g/mol. The SMILES string of the molecule is CCc1nccn1CC(=O)NCC(F)(F)F. The molecule has 1 heterocycles. The minimum absolute atomic E-state index is 0.140. The van der Waals surface area contributed by atoms with Crippen LogP contribution in [0.5, 0.6) is 0 Å². The van der Waals surface area contributed by atoms with Crippen molar-refractivity contribution in [2.75, 3.05) is 6.54 Å². The second-order valence-corrected chi connectivity index (χ2v) is 3.22. The first-order chi connectivity index (χ1) is 7.42. The van der Waals surface area contributed by atoms with Crippen molar-refractivity contribution in [3.8, 4) is 0 Å². The lowest BCUT2D eigenvalue weighted by Crippen LogP contribution is -2.35. The summed E-state index contributed by atoms with van der Waals surface area (Å²) in [4.78, 5) is 15.1. The Balaban J connectivity index is 2.46. The summed E-state index contributed by atoms with van der Waals surface area (Å²) in [6.07, 6.45) is -0.681. The maximum absolute atomic E-state index is 11.8. The zero-order chi connectivity index (χ0) is 12.2. The molecule has 0 aromatic carbocycles. The number of nitrogens with zero attached hydrogens (tertiary/aromatic N) is 2. The number of alkyl halides is 3. The third kappa shape index (κ3) is 3.92. The van der Waals surface area contributed by atoms with Gasteiger partial charge in [-0.3, -0.25) is 4.79 Å². The first kappa shape index (κ1) is 12.5. The number of carbonyl (C=O) groups is 1. The molecule has 0 atom stereocenters. The quantitative estimate of drug-likeness (QED) is 0.850. The fraction of sp³-hybridized carbons (Fsp3) is 0.556. The Bertz CT molecular complexity index is 359. The maximum Gasteiger partial charge on any atom is 0.405 e. The monoisotopic (exact) mass is 235 g/mol. The Kier molecular flexibility index (Phi) is 3.92. The molecule has 0 saturated carbocycles. The van der Waals surface area contributed by atoms with E-state index in [2.05, 4.69) is 4.98 Å². The Morgan fingerprint density at radius 2 is 2.25 bits per heavy atom. The van der Waals surface area contributed by atoms with E-state index in [-0.39, 0.29) is 6.54 Å². The summed E-state index contributed by atoms with van der Waals surface area (Å²) in [5.74, 6) is -0.00724. The van der Waals surface area contributed by atoms with E-state index in [4.69, 9.17) is 0 Å². The Morgan fingerprint density at radius 3 is 2.81 bits per heavy atom. The number of hydrogen-bond acceptors (Lipinski definition) is 2. The number of halogens is 3. The van der Waals surface area contributed by atoms with Gasteiger partial charge in [0.05, 0.1) is 0 Å². The molecule has 0 radical (unpaired) electrons. The van der Waals surface area contributed by atoms with Crippen LogP contribution in [-0.4, -0.2) is 28.2 Å². The molecular formula is C9H12F3N3O. The molecule has 90 valence electrons. The highest BCUT2D eigenvalue weighted by molar-refractivity contribution is 5.75. The van der Waals surface area contributed by atoms with Gasteiger partial charge in [0.25, 0.3) is 0 Å². The van der Waals surface area contributed by atoms with Crippen molar-refractivity contribution in [1.29, 1.82) is 0 Å². The van der Waals surface area contributed by atoms with Crippen LogP contribution in [0, 0.1) is 0 Å². The average Bonchev–Trinajstić information content (AvgIpc) is 2.61. The molecule has 0 aliphatic heterocycles. The smallest absolute Gasteiger partial charge is 0.345 e. The van der Waals surface area contributed by atoms with Crippen LogP contribution >= 0.6 is 0 Å². The molecule has 1 aromatic rings. The Hall–Kier alpha value is -1.53. The second kappa shape index (κ2) is 5.00. The molecule has 0 unspecified atom stereocenters. The van der Waals surface area contributed by atoms with Gasteiger partial charge in [-0.2, -0.15) is 13.2 Å². The van der Waals surface area contributed by atoms with Gasteiger partial charge in [0.2, 0.25) is 5.91 Å². The van der Waals surface area contributed by atoms with Crippen LogP contribution in [0.4, 0.5) is 13.2 Å². The van der Waals surface area contributed by atoms with E-state index >= 15 is 0 Å². The number of aryl methyl sites for hydroxylation is 1. The molecular weight excluding hydrogens is 223 g/mol. The molecule has 0 aliphatic carbocycles. The lowest BCUT2D eigenvalue weighted by atomic mass is 10.4. The van der Waals surface area contributed by atoms with E-state index in [1.54, 1.807) is 11.5 Å². The number of carbonyl (C=O) groups excluding carboxylic acids is 1. The molecule has 4 nitrogen and oxygen atoms in total. The van der Waals surface area contributed by atoms with Crippen molar-refractivity contribution < 1.29 is 18.0 Å². The van der Waals surface area contributed by atoms with Crippen molar-refractivity contribution in [1.82, 2.24) is 14.9 Å². The minimum atomic E-state index is -4.38. The van der Waals surface area contributed by atoms with Gasteiger partial charge in [-0.05, 0) is 0 Å². The molecule has 0 aliphatic rings. The first-order valence-corrected chi connectivity index (χ1v) is 4.76. The van der Waals surface area contributed by atoms with Crippen LogP contribution in [-0.2, 0) is 17.8 Å². The van der Waals surface area contributed by atoms with Crippen LogP contribution in [0.3, 0.4) is 0 Å². The standard InChI is InChI=1S/C9H12F3N3O/c1-2-7-13-3-4-15(7)5-8(16)14-6-9(10,11)12/h3-4H,2,5-6H2,1H3,(H,14,16). The molecule has 1 N–H and O–H groups in total. The highest BCUT2D eigenvalue weighted by atomic mass is 19.4. The van der Waals surface area contributed by atoms with E-state index in [1.807, 2.05) is 6.92 Å². The maximum atomic E-state index is 11.8. The highest BCUT2D eigenvalue weighted by Crippen LogP contribution is 2.12. The van der Waals surface area contributed by atoms with E-state index in [1.165, 1.54) is 10.8 Å². The predicted octanol–water partition coefficient (Wildman–Crippen LogP) is 1.12. The van der Waals surface area contributed by atoms with Crippen LogP contribution in [0.25, 0.3) is 0 Å². The highest BCUT2D eigenvalue weighted by Gasteiger charge is 2.27. The van der Waals surface area contributed by atoms with Gasteiger partial charge >= 0.3 is 6.18 Å². The van der Waals surface area contributed by atoms with Gasteiger partial charge in [-0.1, -0.05) is 6.92 Å². The number of nitrogens with one attached hydrogen (secondary N) is 1. The third-order valence-corrected chi connectivity index (χ3v) is 1.92. The molecule has 0 bridgehead atoms. The molecule has 16 heavy (non-hydrogen) atoms. The van der Waals surface area contributed by atoms with Crippen LogP contribution in [0.2, 0.25) is 0 Å². The largest absolute Gasteiger partial charge is 0.405 e. The van der Waals surface area contributed by atoms with Crippen LogP contribution < -0.4 is 5.32 Å². The summed E-state index contributed by atoms with van der Waals surface area (Å²) in [5, 5.41) is 1.80. The lowest BCUT2D eigenvalue weighted by Gasteiger charge is -2.09. The lowest BCUT2D eigenvalue weighted by molar-refractivity contribution is -0.138. The number of aromatic nitrogens is 2. The van der Waals surface area contributed by atoms with E-state index < -0.39 is 18.6 Å². The number of imidazole rings is 1. The van der Waals surface area contributed by atoms with Crippen molar-refractivity contribution in [2.24, 2.45) is 0 Å². The summed E-state index contributed by atoms with van der Waals surface area (Å²) in [6.45, 7) is 0.410. The van der Waals surface area contributed by atoms with Crippen LogP contribution in [0.15, 0.2) is 12.4 Å². The van der Waals surface area contributed by atoms with Crippen molar-refractivity contribution in [3.63, 3.8) is 0 Å². The third-order valence-electron chi connectivity index (χ3n) is 1.92. The van der Waals surface area contributed by atoms with E-state index in [0.717, 1.165) is 0 Å². The van der Waals surface area contributed by atoms with E-state index in [9.17, 15) is 18.0 Å². The second-order valence-electron chi connectivity index (χ2n) is 3.22. The zero-order valence-electron chi connectivity index (χ0n) is 8.71. The van der Waals surface area contributed by atoms with Crippen molar-refractivity contribution in [2.45, 2.75) is 26.1 Å². The van der Waals surface area contributed by atoms with Crippen molar-refractivity contribution >= 4 is 5.91 Å². The summed E-state index contributed by atoms with van der Waals surface area (Å²) in [7, 11) is 0. The van der Waals surface area contributed by atoms with Gasteiger partial charge in [0.15, 0.2) is 0 Å². The van der Waals surface area contributed by atoms with Gasteiger partial charge in [0.1, 0.15) is 18.9 Å². The molecule has 7 heteroatoms. The Labute approximate surface area is 90.5 Å². The molecule has 0 spiro atoms. The summed E-state index contributed by atoms with van der Waals surface area (Å²) in [5.41, 5.74) is 0. The van der Waals surface area contributed by atoms with Crippen LogP contribution in [0.1, 0.15) is 12.7 Å². The summed E-state index contributed by atoms with van der Waals surface area (Å²) in [6, 6.07) is 0. The summed E-state index contributed by atoms with van der Waals surface area (Å²) < 4.78 is 36.9. The molecule has 1 amide bonds. The predicted molar refractivity (Wildman–Crippen MR) is 50.7 cm³/mol. The van der Waals surface area contributed by atoms with Gasteiger partial charge in [-0.25, -0.2) is 4.98 Å². The topological polar surface area (TPSA) is 46.9 Å². The zero-order valence-corrected chi connectivity index (χ0v) is 8.71. The normalized spacial score (nSPS) is 11.5. The fourth-order valence-corrected chi connectivity index (χ4v) is 1.21. The van der Waals surface area contributed by atoms with Gasteiger partial charge < -0.3 is 9.88 Å². The molecule has 0 saturated heterocycles. The number of hydrogen-bond donors (Lipinski definition) is 1.